The van der Waals surface area contributed by atoms with Crippen LogP contribution in [0.3, 0.4) is 0 Å². The predicted octanol–water partition coefficient (Wildman–Crippen LogP) is 7.48. The van der Waals surface area contributed by atoms with Gasteiger partial charge in [0, 0.05) is 36.1 Å². The van der Waals surface area contributed by atoms with E-state index in [-0.39, 0.29) is 30.3 Å². The number of rotatable bonds is 18. The second-order valence-corrected chi connectivity index (χ2v) is 12.2. The van der Waals surface area contributed by atoms with Crippen molar-refractivity contribution in [3.05, 3.63) is 83.7 Å². The van der Waals surface area contributed by atoms with Gasteiger partial charge in [0.2, 0.25) is 0 Å². The molecule has 0 unspecified atom stereocenters. The van der Waals surface area contributed by atoms with Crippen molar-refractivity contribution < 1.29 is 33.3 Å². The third-order valence-corrected chi connectivity index (χ3v) is 7.25. The zero-order valence-corrected chi connectivity index (χ0v) is 29.1. The maximum absolute atomic E-state index is 13.6. The molecule has 1 aromatic heterocycles. The molecule has 258 valence electrons. The van der Waals surface area contributed by atoms with Crippen LogP contribution < -0.4 is 14.2 Å². The fourth-order valence-corrected chi connectivity index (χ4v) is 4.86. The highest BCUT2D eigenvalue weighted by Crippen LogP contribution is 2.31. The molecule has 0 bridgehead atoms. The van der Waals surface area contributed by atoms with Crippen LogP contribution in [0.4, 0.5) is 0 Å². The summed E-state index contributed by atoms with van der Waals surface area (Å²) in [5.74, 6) is 0.453. The summed E-state index contributed by atoms with van der Waals surface area (Å²) >= 11 is 0. The number of azo groups is 1. The highest BCUT2D eigenvalue weighted by Gasteiger charge is 2.34. The van der Waals surface area contributed by atoms with Gasteiger partial charge in [0.25, 0.3) is 11.8 Å². The van der Waals surface area contributed by atoms with Crippen LogP contribution in [-0.2, 0) is 16.1 Å². The Balaban J connectivity index is 1.48. The van der Waals surface area contributed by atoms with Gasteiger partial charge in [-0.3, -0.25) is 14.6 Å². The molecule has 0 spiro atoms. The molecule has 0 saturated heterocycles. The minimum Gasteiger partial charge on any atom is -0.494 e. The molecular weight excluding hydrogens is 612 g/mol. The Hall–Kier alpha value is -4.80. The van der Waals surface area contributed by atoms with Gasteiger partial charge < -0.3 is 23.8 Å². The van der Waals surface area contributed by atoms with E-state index in [9.17, 15) is 14.4 Å². The van der Waals surface area contributed by atoms with E-state index in [0.29, 0.717) is 36.6 Å². The SMILES string of the molecule is CCOC(=O)C(C)(C)Oc1cc(OCCCCCOc2ccc(CN=NC(=O)c3ccncc3)cc2)ccc1C(=O)N(C(C)C)C(C)C. The third kappa shape index (κ3) is 11.5. The van der Waals surface area contributed by atoms with E-state index in [1.807, 2.05) is 52.0 Å². The molecule has 1 heterocycles. The lowest BCUT2D eigenvalue weighted by Crippen LogP contribution is -2.43. The van der Waals surface area contributed by atoms with Crippen molar-refractivity contribution in [2.45, 2.75) is 92.0 Å². The second-order valence-electron chi connectivity index (χ2n) is 12.2. The van der Waals surface area contributed by atoms with Crippen molar-refractivity contribution in [2.24, 2.45) is 10.2 Å². The number of aromatic nitrogens is 1. The topological polar surface area (TPSA) is 129 Å². The summed E-state index contributed by atoms with van der Waals surface area (Å²) in [5.41, 5.74) is 0.407. The summed E-state index contributed by atoms with van der Waals surface area (Å²) in [6, 6.07) is 15.8. The average Bonchev–Trinajstić information content (AvgIpc) is 3.05. The summed E-state index contributed by atoms with van der Waals surface area (Å²) in [7, 11) is 0. The van der Waals surface area contributed by atoms with Crippen molar-refractivity contribution >= 4 is 17.8 Å². The van der Waals surface area contributed by atoms with Crippen LogP contribution in [-0.4, -0.2) is 65.2 Å². The van der Waals surface area contributed by atoms with Crippen molar-refractivity contribution in [3.63, 3.8) is 0 Å². The first-order valence-electron chi connectivity index (χ1n) is 16.4. The summed E-state index contributed by atoms with van der Waals surface area (Å²) in [6.07, 6.45) is 5.60. The first-order valence-corrected chi connectivity index (χ1v) is 16.4. The molecule has 11 nitrogen and oxygen atoms in total. The molecule has 0 fully saturated rings. The van der Waals surface area contributed by atoms with Crippen molar-refractivity contribution in [3.8, 4) is 17.2 Å². The second kappa shape index (κ2) is 18.5. The van der Waals surface area contributed by atoms with E-state index in [2.05, 4.69) is 15.2 Å². The molecule has 0 aliphatic rings. The lowest BCUT2D eigenvalue weighted by atomic mass is 10.1. The Labute approximate surface area is 283 Å². The van der Waals surface area contributed by atoms with Crippen molar-refractivity contribution in [2.75, 3.05) is 19.8 Å². The van der Waals surface area contributed by atoms with Crippen molar-refractivity contribution in [1.29, 1.82) is 0 Å². The number of unbranched alkanes of at least 4 members (excludes halogenated alkanes) is 2. The molecule has 2 amide bonds. The molecule has 3 rings (SSSR count). The largest absolute Gasteiger partial charge is 0.494 e. The Morgan fingerprint density at radius 2 is 1.44 bits per heavy atom. The number of pyridine rings is 1. The van der Waals surface area contributed by atoms with Gasteiger partial charge in [-0.15, -0.1) is 5.11 Å². The van der Waals surface area contributed by atoms with Gasteiger partial charge in [-0.2, -0.15) is 5.11 Å². The van der Waals surface area contributed by atoms with Crippen LogP contribution >= 0.6 is 0 Å². The van der Waals surface area contributed by atoms with Gasteiger partial charge in [0.15, 0.2) is 5.60 Å². The monoisotopic (exact) mass is 660 g/mol. The minimum absolute atomic E-state index is 0.0261. The van der Waals surface area contributed by atoms with Gasteiger partial charge in [-0.1, -0.05) is 12.1 Å². The number of hydrogen-bond donors (Lipinski definition) is 0. The number of nitrogens with zero attached hydrogens (tertiary/aromatic N) is 4. The first-order chi connectivity index (χ1) is 22.9. The van der Waals surface area contributed by atoms with Gasteiger partial charge in [0.05, 0.1) is 31.9 Å². The molecule has 11 heteroatoms. The summed E-state index contributed by atoms with van der Waals surface area (Å²) < 4.78 is 23.2. The average molecular weight is 661 g/mol. The number of amides is 2. The van der Waals surface area contributed by atoms with E-state index >= 15 is 0 Å². The maximum atomic E-state index is 13.6. The third-order valence-electron chi connectivity index (χ3n) is 7.25. The summed E-state index contributed by atoms with van der Waals surface area (Å²) in [4.78, 5) is 43.8. The van der Waals surface area contributed by atoms with E-state index < -0.39 is 17.5 Å². The van der Waals surface area contributed by atoms with Gasteiger partial charge in [-0.25, -0.2) is 4.79 Å². The Kier molecular flexibility index (Phi) is 14.5. The van der Waals surface area contributed by atoms with E-state index in [1.165, 1.54) is 0 Å². The number of carbonyl (C=O) groups is 3. The fourth-order valence-electron chi connectivity index (χ4n) is 4.86. The number of benzene rings is 2. The van der Waals surface area contributed by atoms with Gasteiger partial charge in [0.1, 0.15) is 17.2 Å². The quantitative estimate of drug-likeness (QED) is 0.0780. The number of hydrogen-bond acceptors (Lipinski definition) is 9. The summed E-state index contributed by atoms with van der Waals surface area (Å²) in [6.45, 7) is 14.4. The van der Waals surface area contributed by atoms with Crippen LogP contribution in [0.5, 0.6) is 17.2 Å². The van der Waals surface area contributed by atoms with Crippen LogP contribution in [0.1, 0.15) is 94.0 Å². The maximum Gasteiger partial charge on any atom is 0.349 e. The van der Waals surface area contributed by atoms with Gasteiger partial charge in [-0.05, 0) is 110 Å². The Morgan fingerprint density at radius 3 is 2.04 bits per heavy atom. The van der Waals surface area contributed by atoms with E-state index in [0.717, 1.165) is 30.6 Å². The first kappa shape index (κ1) is 37.7. The van der Waals surface area contributed by atoms with Crippen LogP contribution in [0, 0.1) is 0 Å². The van der Waals surface area contributed by atoms with Crippen LogP contribution in [0.15, 0.2) is 77.2 Å². The molecule has 0 aliphatic carbocycles. The molecule has 0 aliphatic heterocycles. The fraction of sp³-hybridized carbons (Fsp3) is 0.459. The van der Waals surface area contributed by atoms with Crippen LogP contribution in [0.25, 0.3) is 0 Å². The highest BCUT2D eigenvalue weighted by atomic mass is 16.6. The van der Waals surface area contributed by atoms with Crippen LogP contribution in [0.2, 0.25) is 0 Å². The van der Waals surface area contributed by atoms with Crippen molar-refractivity contribution in [1.82, 2.24) is 9.88 Å². The zero-order chi connectivity index (χ0) is 35.1. The molecule has 3 aromatic rings. The molecule has 2 aromatic carbocycles. The number of esters is 1. The van der Waals surface area contributed by atoms with E-state index in [4.69, 9.17) is 18.9 Å². The number of ether oxygens (including phenoxy) is 4. The predicted molar refractivity (Wildman–Crippen MR) is 183 cm³/mol. The number of carbonyl (C=O) groups excluding carboxylic acids is 3. The Bertz CT molecular complexity index is 1500. The molecule has 0 saturated carbocycles. The molecule has 48 heavy (non-hydrogen) atoms. The Morgan fingerprint density at radius 1 is 0.833 bits per heavy atom. The van der Waals surface area contributed by atoms with Gasteiger partial charge >= 0.3 is 5.97 Å². The highest BCUT2D eigenvalue weighted by molar-refractivity contribution is 5.98. The standard InChI is InChI=1S/C37H48N4O7/c1-8-45-36(44)37(6,7)48-33-24-31(16-17-32(33)35(43)41(26(2)3)27(4)5)47-23-11-9-10-22-46-30-14-12-28(13-15-30)25-39-40-34(42)29-18-20-38-21-19-29/h12-21,24,26-27H,8-11,22-23,25H2,1-7H3. The molecule has 0 N–H and O–H groups in total. The lowest BCUT2D eigenvalue weighted by molar-refractivity contribution is -0.158. The normalized spacial score (nSPS) is 11.5. The van der Waals surface area contributed by atoms with E-state index in [1.54, 1.807) is 68.4 Å². The lowest BCUT2D eigenvalue weighted by Gasteiger charge is -2.32. The molecule has 0 atom stereocenters. The molecule has 0 radical (unpaired) electrons. The minimum atomic E-state index is -1.31. The zero-order valence-electron chi connectivity index (χ0n) is 29.1. The molecular formula is C37H48N4O7. The summed E-state index contributed by atoms with van der Waals surface area (Å²) in [5, 5.41) is 7.75. The smallest absolute Gasteiger partial charge is 0.349 e.